The topological polar surface area (TPSA) is 58.6 Å². The third kappa shape index (κ3) is 4.21. The zero-order valence-corrected chi connectivity index (χ0v) is 16.7. The monoisotopic (exact) mass is 426 g/mol. The molecule has 0 saturated heterocycles. The number of nitrogens with one attached hydrogen (secondary N) is 1. The number of fused-ring (bicyclic) bond motifs is 1. The summed E-state index contributed by atoms with van der Waals surface area (Å²) in [6, 6.07) is 19.3. The highest BCUT2D eigenvalue weighted by Crippen LogP contribution is 2.36. The molecule has 0 aliphatic carbocycles. The molecular formula is C22H16Cl2N2O3. The summed E-state index contributed by atoms with van der Waals surface area (Å²) in [4.78, 5) is 26.7. The number of benzene rings is 3. The van der Waals surface area contributed by atoms with Gasteiger partial charge in [-0.15, -0.1) is 0 Å². The van der Waals surface area contributed by atoms with E-state index in [1.54, 1.807) is 53.4 Å². The minimum absolute atomic E-state index is 0.0428. The van der Waals surface area contributed by atoms with Crippen LogP contribution in [0, 0.1) is 0 Å². The fourth-order valence-corrected chi connectivity index (χ4v) is 3.55. The molecule has 1 aliphatic heterocycles. The first-order valence-corrected chi connectivity index (χ1v) is 9.64. The van der Waals surface area contributed by atoms with E-state index < -0.39 is 0 Å². The Bertz CT molecular complexity index is 1100. The number of carbonyl (C=O) groups excluding carboxylic acids is 2. The summed E-state index contributed by atoms with van der Waals surface area (Å²) >= 11 is 12.2. The molecule has 3 aromatic carbocycles. The lowest BCUT2D eigenvalue weighted by atomic mass is 10.1. The molecule has 0 bridgehead atoms. The maximum Gasteiger partial charge on any atom is 0.265 e. The van der Waals surface area contributed by atoms with Gasteiger partial charge in [0.1, 0.15) is 5.75 Å². The van der Waals surface area contributed by atoms with E-state index in [0.717, 1.165) is 5.56 Å². The van der Waals surface area contributed by atoms with E-state index in [1.165, 1.54) is 0 Å². The number of amides is 2. The quantitative estimate of drug-likeness (QED) is 0.625. The molecule has 4 rings (SSSR count). The average Bonchev–Trinajstić information content (AvgIpc) is 2.70. The molecule has 0 spiro atoms. The molecule has 5 nitrogen and oxygen atoms in total. The molecule has 1 N–H and O–H groups in total. The van der Waals surface area contributed by atoms with E-state index in [0.29, 0.717) is 39.3 Å². The lowest BCUT2D eigenvalue weighted by Crippen LogP contribution is -2.38. The number of ether oxygens (including phenoxy) is 1. The minimum atomic E-state index is -0.333. The summed E-state index contributed by atoms with van der Waals surface area (Å²) in [5.74, 6) is 0.0643. The van der Waals surface area contributed by atoms with Crippen LogP contribution in [0.3, 0.4) is 0 Å². The summed E-state index contributed by atoms with van der Waals surface area (Å²) in [5.41, 5.74) is 2.38. The molecule has 2 amide bonds. The fraction of sp³-hybridized carbons (Fsp3) is 0.0909. The van der Waals surface area contributed by atoms with Crippen molar-refractivity contribution in [3.63, 3.8) is 0 Å². The lowest BCUT2D eigenvalue weighted by molar-refractivity contribution is -0.121. The number of hydrogen-bond acceptors (Lipinski definition) is 3. The third-order valence-corrected chi connectivity index (χ3v) is 5.07. The van der Waals surface area contributed by atoms with Gasteiger partial charge in [0.05, 0.1) is 22.8 Å². The standard InChI is InChI=1S/C22H16Cl2N2O3/c23-15-5-3-4-14(10-15)12-26-19-11-16(8-9-20(19)29-13-21(26)27)25-22(28)17-6-1-2-7-18(17)24/h1-11H,12-13H2,(H,25,28). The average molecular weight is 427 g/mol. The van der Waals surface area contributed by atoms with Crippen LogP contribution in [0.4, 0.5) is 11.4 Å². The van der Waals surface area contributed by atoms with Gasteiger partial charge < -0.3 is 15.0 Å². The number of nitrogens with zero attached hydrogens (tertiary/aromatic N) is 1. The summed E-state index contributed by atoms with van der Waals surface area (Å²) < 4.78 is 5.54. The highest BCUT2D eigenvalue weighted by molar-refractivity contribution is 6.34. The maximum atomic E-state index is 12.6. The van der Waals surface area contributed by atoms with Crippen molar-refractivity contribution in [1.29, 1.82) is 0 Å². The van der Waals surface area contributed by atoms with Crippen LogP contribution in [0.1, 0.15) is 15.9 Å². The molecule has 0 atom stereocenters. The zero-order valence-electron chi connectivity index (χ0n) is 15.2. The SMILES string of the molecule is O=C(Nc1ccc2c(c1)N(Cc1cccc(Cl)c1)C(=O)CO2)c1ccccc1Cl. The molecule has 0 radical (unpaired) electrons. The Morgan fingerprint density at radius 2 is 1.86 bits per heavy atom. The molecule has 7 heteroatoms. The van der Waals surface area contributed by atoms with Gasteiger partial charge in [0.25, 0.3) is 11.8 Å². The van der Waals surface area contributed by atoms with E-state index in [-0.39, 0.29) is 18.4 Å². The Morgan fingerprint density at radius 3 is 2.66 bits per heavy atom. The van der Waals surface area contributed by atoms with Gasteiger partial charge in [-0.25, -0.2) is 0 Å². The van der Waals surface area contributed by atoms with Crippen LogP contribution in [0.15, 0.2) is 66.7 Å². The van der Waals surface area contributed by atoms with Gasteiger partial charge in [0.15, 0.2) is 6.61 Å². The van der Waals surface area contributed by atoms with Gasteiger partial charge >= 0.3 is 0 Å². The summed E-state index contributed by atoms with van der Waals surface area (Å²) in [7, 11) is 0. The fourth-order valence-electron chi connectivity index (χ4n) is 3.11. The van der Waals surface area contributed by atoms with Crippen molar-refractivity contribution in [2.45, 2.75) is 6.54 Å². The van der Waals surface area contributed by atoms with Gasteiger partial charge in [-0.1, -0.05) is 47.5 Å². The Morgan fingerprint density at radius 1 is 1.03 bits per heavy atom. The van der Waals surface area contributed by atoms with Crippen LogP contribution in [-0.4, -0.2) is 18.4 Å². The minimum Gasteiger partial charge on any atom is -0.482 e. The van der Waals surface area contributed by atoms with Crippen LogP contribution in [0.5, 0.6) is 5.75 Å². The van der Waals surface area contributed by atoms with Crippen LogP contribution in [0.25, 0.3) is 0 Å². The molecule has 0 saturated carbocycles. The molecule has 0 unspecified atom stereocenters. The molecule has 3 aromatic rings. The molecule has 1 aliphatic rings. The number of hydrogen-bond donors (Lipinski definition) is 1. The Kier molecular flexibility index (Phi) is 5.43. The third-order valence-electron chi connectivity index (χ3n) is 4.51. The van der Waals surface area contributed by atoms with Crippen LogP contribution >= 0.6 is 23.2 Å². The van der Waals surface area contributed by atoms with Crippen LogP contribution in [0.2, 0.25) is 10.0 Å². The van der Waals surface area contributed by atoms with Gasteiger partial charge in [-0.3, -0.25) is 9.59 Å². The maximum absolute atomic E-state index is 12.6. The van der Waals surface area contributed by atoms with Crippen molar-refractivity contribution in [2.24, 2.45) is 0 Å². The zero-order chi connectivity index (χ0) is 20.4. The first-order valence-electron chi connectivity index (χ1n) is 8.89. The molecule has 146 valence electrons. The van der Waals surface area contributed by atoms with Crippen molar-refractivity contribution in [2.75, 3.05) is 16.8 Å². The molecule has 1 heterocycles. The van der Waals surface area contributed by atoms with E-state index >= 15 is 0 Å². The predicted octanol–water partition coefficient (Wildman–Crippen LogP) is 5.17. The second-order valence-electron chi connectivity index (χ2n) is 6.51. The summed E-state index contributed by atoms with van der Waals surface area (Å²) in [6.07, 6.45) is 0. The Labute approximate surface area is 177 Å². The lowest BCUT2D eigenvalue weighted by Gasteiger charge is -2.30. The first kappa shape index (κ1) is 19.3. The highest BCUT2D eigenvalue weighted by Gasteiger charge is 2.26. The van der Waals surface area contributed by atoms with Crippen molar-refractivity contribution >= 4 is 46.4 Å². The summed E-state index contributed by atoms with van der Waals surface area (Å²) in [5, 5.41) is 3.79. The second kappa shape index (κ2) is 8.15. The van der Waals surface area contributed by atoms with Gasteiger partial charge in [-0.2, -0.15) is 0 Å². The summed E-state index contributed by atoms with van der Waals surface area (Å²) in [6.45, 7) is 0.302. The van der Waals surface area contributed by atoms with Gasteiger partial charge in [-0.05, 0) is 48.0 Å². The molecule has 29 heavy (non-hydrogen) atoms. The number of rotatable bonds is 4. The van der Waals surface area contributed by atoms with E-state index in [4.69, 9.17) is 27.9 Å². The smallest absolute Gasteiger partial charge is 0.265 e. The normalized spacial score (nSPS) is 12.9. The second-order valence-corrected chi connectivity index (χ2v) is 7.36. The predicted molar refractivity (Wildman–Crippen MR) is 114 cm³/mol. The van der Waals surface area contributed by atoms with Crippen molar-refractivity contribution in [3.05, 3.63) is 87.9 Å². The largest absolute Gasteiger partial charge is 0.482 e. The van der Waals surface area contributed by atoms with E-state index in [9.17, 15) is 9.59 Å². The number of halogens is 2. The van der Waals surface area contributed by atoms with Crippen molar-refractivity contribution in [1.82, 2.24) is 0 Å². The Hall–Kier alpha value is -3.02. The number of carbonyl (C=O) groups is 2. The highest BCUT2D eigenvalue weighted by atomic mass is 35.5. The molecule has 0 fully saturated rings. The Balaban J connectivity index is 1.62. The van der Waals surface area contributed by atoms with Crippen molar-refractivity contribution in [3.8, 4) is 5.75 Å². The van der Waals surface area contributed by atoms with Crippen LogP contribution < -0.4 is 15.0 Å². The van der Waals surface area contributed by atoms with E-state index in [1.807, 2.05) is 18.2 Å². The molecular weight excluding hydrogens is 411 g/mol. The van der Waals surface area contributed by atoms with Gasteiger partial charge in [0, 0.05) is 10.7 Å². The van der Waals surface area contributed by atoms with Crippen molar-refractivity contribution < 1.29 is 14.3 Å². The van der Waals surface area contributed by atoms with Crippen LogP contribution in [-0.2, 0) is 11.3 Å². The molecule has 0 aromatic heterocycles. The van der Waals surface area contributed by atoms with E-state index in [2.05, 4.69) is 5.32 Å². The number of anilines is 2. The first-order chi connectivity index (χ1) is 14.0. The van der Waals surface area contributed by atoms with Gasteiger partial charge in [0.2, 0.25) is 0 Å².